The lowest BCUT2D eigenvalue weighted by Gasteiger charge is -2.38. The van der Waals surface area contributed by atoms with E-state index in [1.165, 1.54) is 51.4 Å². The summed E-state index contributed by atoms with van der Waals surface area (Å²) in [4.78, 5) is 20.6. The first-order chi connectivity index (χ1) is 10.6. The molecule has 0 atom stereocenters. The molecule has 0 radical (unpaired) electrons. The number of carbonyl (C=O) groups excluding carboxylic acids is 1. The van der Waals surface area contributed by atoms with Crippen molar-refractivity contribution < 1.29 is 4.79 Å². The van der Waals surface area contributed by atoms with Crippen molar-refractivity contribution in [3.63, 3.8) is 0 Å². The zero-order valence-electron chi connectivity index (χ0n) is 13.4. The fourth-order valence-corrected chi connectivity index (χ4v) is 3.62. The van der Waals surface area contributed by atoms with Crippen molar-refractivity contribution in [3.05, 3.63) is 17.5 Å². The predicted molar refractivity (Wildman–Crippen MR) is 86.7 cm³/mol. The Labute approximate surface area is 132 Å². The van der Waals surface area contributed by atoms with Crippen LogP contribution in [-0.2, 0) is 6.42 Å². The fourth-order valence-electron chi connectivity index (χ4n) is 3.62. The predicted octanol–water partition coefficient (Wildman–Crippen LogP) is 3.05. The molecule has 5 heteroatoms. The summed E-state index contributed by atoms with van der Waals surface area (Å²) in [5.74, 6) is 0.219. The number of nitrogens with one attached hydrogen (secondary N) is 1. The third-order valence-corrected chi connectivity index (χ3v) is 5.23. The van der Waals surface area contributed by atoms with Crippen molar-refractivity contribution in [2.75, 3.05) is 5.32 Å². The second-order valence-electron chi connectivity index (χ2n) is 7.24. The van der Waals surface area contributed by atoms with Crippen molar-refractivity contribution in [2.45, 2.75) is 70.8 Å². The highest BCUT2D eigenvalue weighted by molar-refractivity contribution is 5.93. The average molecular weight is 302 g/mol. The van der Waals surface area contributed by atoms with E-state index in [0.717, 1.165) is 12.1 Å². The van der Waals surface area contributed by atoms with Gasteiger partial charge in [-0.3, -0.25) is 4.79 Å². The van der Waals surface area contributed by atoms with Gasteiger partial charge in [-0.05, 0) is 37.5 Å². The van der Waals surface area contributed by atoms with Crippen molar-refractivity contribution in [1.82, 2.24) is 9.97 Å². The quantitative estimate of drug-likeness (QED) is 0.876. The number of amides is 1. The van der Waals surface area contributed by atoms with Crippen LogP contribution in [-0.4, -0.2) is 21.9 Å². The Hall–Kier alpha value is -1.65. The monoisotopic (exact) mass is 302 g/mol. The average Bonchev–Trinajstić information content (AvgIpc) is 2.46. The number of primary amides is 1. The van der Waals surface area contributed by atoms with Crippen LogP contribution >= 0.6 is 0 Å². The molecule has 1 aromatic rings. The topological polar surface area (TPSA) is 80.9 Å². The summed E-state index contributed by atoms with van der Waals surface area (Å²) in [7, 11) is 0. The minimum Gasteiger partial charge on any atom is -0.365 e. The molecule has 3 rings (SSSR count). The van der Waals surface area contributed by atoms with E-state index in [1.54, 1.807) is 6.20 Å². The maximum Gasteiger partial charge on any atom is 0.252 e. The van der Waals surface area contributed by atoms with E-state index in [0.29, 0.717) is 17.6 Å². The van der Waals surface area contributed by atoms with Crippen molar-refractivity contribution in [2.24, 2.45) is 11.1 Å². The van der Waals surface area contributed by atoms with E-state index in [1.807, 2.05) is 0 Å². The molecule has 0 aliphatic heterocycles. The highest BCUT2D eigenvalue weighted by atomic mass is 16.1. The number of anilines is 1. The molecule has 2 aliphatic carbocycles. The minimum absolute atomic E-state index is 0.265. The SMILES string of the molecule is CC1(Cc2nc(NC3CCCCC3)ncc2C(N)=O)CCC1. The number of hydrogen-bond donors (Lipinski definition) is 2. The van der Waals surface area contributed by atoms with Gasteiger partial charge in [0.1, 0.15) is 0 Å². The number of nitrogens with zero attached hydrogens (tertiary/aromatic N) is 2. The van der Waals surface area contributed by atoms with E-state index >= 15 is 0 Å². The third kappa shape index (κ3) is 3.39. The summed E-state index contributed by atoms with van der Waals surface area (Å²) in [6, 6.07) is 0.459. The van der Waals surface area contributed by atoms with Crippen molar-refractivity contribution >= 4 is 11.9 Å². The molecule has 2 fully saturated rings. The van der Waals surface area contributed by atoms with Gasteiger partial charge in [0.2, 0.25) is 5.95 Å². The van der Waals surface area contributed by atoms with Gasteiger partial charge in [0, 0.05) is 12.2 Å². The lowest BCUT2D eigenvalue weighted by molar-refractivity contribution is 0.0996. The largest absolute Gasteiger partial charge is 0.365 e. The van der Waals surface area contributed by atoms with Gasteiger partial charge in [0.15, 0.2) is 0 Å². The van der Waals surface area contributed by atoms with Crippen LogP contribution in [0.1, 0.15) is 74.3 Å². The summed E-state index contributed by atoms with van der Waals surface area (Å²) in [5.41, 5.74) is 7.04. The molecule has 1 amide bonds. The van der Waals surface area contributed by atoms with Gasteiger partial charge in [-0.15, -0.1) is 0 Å². The molecule has 2 saturated carbocycles. The summed E-state index contributed by atoms with van der Waals surface area (Å²) >= 11 is 0. The third-order valence-electron chi connectivity index (χ3n) is 5.23. The van der Waals surface area contributed by atoms with E-state index in [2.05, 4.69) is 22.2 Å². The molecular formula is C17H26N4O. The van der Waals surface area contributed by atoms with Gasteiger partial charge < -0.3 is 11.1 Å². The normalized spacial score (nSPS) is 21.1. The minimum atomic E-state index is -0.429. The molecule has 1 heterocycles. The van der Waals surface area contributed by atoms with Crippen molar-refractivity contribution in [3.8, 4) is 0 Å². The van der Waals surface area contributed by atoms with Gasteiger partial charge in [-0.1, -0.05) is 32.6 Å². The van der Waals surface area contributed by atoms with Gasteiger partial charge in [-0.2, -0.15) is 0 Å². The van der Waals surface area contributed by atoms with Crippen LogP contribution in [0.3, 0.4) is 0 Å². The van der Waals surface area contributed by atoms with Crippen molar-refractivity contribution in [1.29, 1.82) is 0 Å². The lowest BCUT2D eigenvalue weighted by atomic mass is 9.67. The van der Waals surface area contributed by atoms with Crippen LogP contribution in [0.4, 0.5) is 5.95 Å². The lowest BCUT2D eigenvalue weighted by Crippen LogP contribution is -2.30. The van der Waals surface area contributed by atoms with Gasteiger partial charge in [-0.25, -0.2) is 9.97 Å². The maximum absolute atomic E-state index is 11.6. The molecule has 0 aromatic carbocycles. The van der Waals surface area contributed by atoms with Gasteiger partial charge in [0.25, 0.3) is 5.91 Å². The first-order valence-corrected chi connectivity index (χ1v) is 8.48. The molecule has 0 bridgehead atoms. The second kappa shape index (κ2) is 6.23. The fraction of sp³-hybridized carbons (Fsp3) is 0.706. The molecule has 2 aliphatic rings. The van der Waals surface area contributed by atoms with Crippen LogP contribution in [0.2, 0.25) is 0 Å². The van der Waals surface area contributed by atoms with Crippen LogP contribution in [0.5, 0.6) is 0 Å². The Bertz CT molecular complexity index is 548. The Morgan fingerprint density at radius 1 is 1.32 bits per heavy atom. The summed E-state index contributed by atoms with van der Waals surface area (Å²) in [6.07, 6.45) is 12.3. The zero-order valence-corrected chi connectivity index (χ0v) is 13.4. The molecule has 0 unspecified atom stereocenters. The smallest absolute Gasteiger partial charge is 0.252 e. The van der Waals surface area contributed by atoms with Crippen LogP contribution in [0, 0.1) is 5.41 Å². The molecule has 5 nitrogen and oxygen atoms in total. The number of carbonyl (C=O) groups is 1. The molecule has 3 N–H and O–H groups in total. The zero-order chi connectivity index (χ0) is 15.6. The highest BCUT2D eigenvalue weighted by Crippen LogP contribution is 2.43. The molecule has 22 heavy (non-hydrogen) atoms. The number of hydrogen-bond acceptors (Lipinski definition) is 4. The van der Waals surface area contributed by atoms with Crippen LogP contribution in [0.25, 0.3) is 0 Å². The number of nitrogens with two attached hydrogens (primary N) is 1. The van der Waals surface area contributed by atoms with Gasteiger partial charge >= 0.3 is 0 Å². The standard InChI is InChI=1S/C17H26N4O/c1-17(8-5-9-17)10-14-13(15(18)22)11-19-16(21-14)20-12-6-3-2-4-7-12/h11-12H,2-10H2,1H3,(H2,18,22)(H,19,20,21). The Morgan fingerprint density at radius 3 is 2.64 bits per heavy atom. The molecule has 0 saturated heterocycles. The van der Waals surface area contributed by atoms with E-state index < -0.39 is 5.91 Å². The summed E-state index contributed by atoms with van der Waals surface area (Å²) in [6.45, 7) is 2.26. The van der Waals surface area contributed by atoms with E-state index in [9.17, 15) is 4.79 Å². The first-order valence-electron chi connectivity index (χ1n) is 8.48. The number of rotatable bonds is 5. The van der Waals surface area contributed by atoms with E-state index in [4.69, 9.17) is 5.73 Å². The number of aromatic nitrogens is 2. The Balaban J connectivity index is 1.78. The Morgan fingerprint density at radius 2 is 2.05 bits per heavy atom. The summed E-state index contributed by atoms with van der Waals surface area (Å²) in [5, 5.41) is 3.43. The molecule has 0 spiro atoms. The van der Waals surface area contributed by atoms with E-state index in [-0.39, 0.29) is 5.41 Å². The van der Waals surface area contributed by atoms with Crippen LogP contribution < -0.4 is 11.1 Å². The second-order valence-corrected chi connectivity index (χ2v) is 7.24. The first kappa shape index (κ1) is 15.3. The maximum atomic E-state index is 11.6. The van der Waals surface area contributed by atoms with Gasteiger partial charge in [0.05, 0.1) is 11.3 Å². The molecule has 1 aromatic heterocycles. The Kier molecular flexibility index (Phi) is 4.32. The highest BCUT2D eigenvalue weighted by Gasteiger charge is 2.33. The van der Waals surface area contributed by atoms with Crippen LogP contribution in [0.15, 0.2) is 6.20 Å². The summed E-state index contributed by atoms with van der Waals surface area (Å²) < 4.78 is 0. The molecular weight excluding hydrogens is 276 g/mol. The molecule has 120 valence electrons.